The maximum Gasteiger partial charge on any atom is 0.529 e. The monoisotopic (exact) mass is 452 g/mol. The van der Waals surface area contributed by atoms with Crippen molar-refractivity contribution in [1.29, 1.82) is 0 Å². The van der Waals surface area contributed by atoms with Crippen molar-refractivity contribution in [3.05, 3.63) is 0 Å². The first-order valence-corrected chi connectivity index (χ1v) is 5.17. The molecule has 20 heteroatoms. The molecule has 0 radical (unpaired) electrons. The number of hydrogen-bond donors (Lipinski definition) is 0. The van der Waals surface area contributed by atoms with Crippen molar-refractivity contribution in [2.75, 3.05) is 0 Å². The molecule has 0 aromatic heterocycles. The molecule has 0 atom stereocenters. The maximum absolute atomic E-state index is 12.7. The van der Waals surface area contributed by atoms with Crippen LogP contribution in [0.3, 0.4) is 0 Å². The first-order chi connectivity index (χ1) is 11.4. The van der Waals surface area contributed by atoms with Gasteiger partial charge in [-0.2, -0.15) is 48.6 Å². The second-order valence-electron chi connectivity index (χ2n) is 3.93. The molecule has 0 N–H and O–H groups in total. The van der Waals surface area contributed by atoms with E-state index < -0.39 is 43.0 Å². The van der Waals surface area contributed by atoms with Crippen molar-refractivity contribution >= 4 is 0 Å². The fourth-order valence-corrected chi connectivity index (χ4v) is 0.867. The minimum atomic E-state index is -7.49. The van der Waals surface area contributed by atoms with E-state index in [-0.39, 0.29) is 0 Å². The Labute approximate surface area is 134 Å². The quantitative estimate of drug-likeness (QED) is 0.364. The van der Waals surface area contributed by atoms with Gasteiger partial charge in [0.2, 0.25) is 0 Å². The Hall–Kier alpha value is -1.28. The SMILES string of the molecule is FOC(F)(F)C(F)(F)C(F)(F)OC(F)(F)C(F)(F)OC(F)(F)OC(F)(F)F. The van der Waals surface area contributed by atoms with E-state index in [2.05, 4.69) is 0 Å². The van der Waals surface area contributed by atoms with E-state index in [4.69, 9.17) is 0 Å². The van der Waals surface area contributed by atoms with Crippen molar-refractivity contribution < 1.29 is 89.5 Å². The maximum atomic E-state index is 12.7. The minimum absolute atomic E-state index is 1.05. The van der Waals surface area contributed by atoms with Crippen LogP contribution in [-0.4, -0.2) is 43.0 Å². The van der Waals surface area contributed by atoms with Gasteiger partial charge in [-0.05, 0) is 4.53 Å². The zero-order chi connectivity index (χ0) is 22.3. The van der Waals surface area contributed by atoms with E-state index in [1.54, 1.807) is 0 Å². The molecule has 0 unspecified atom stereocenters. The molecule has 4 nitrogen and oxygen atoms in total. The molecule has 0 heterocycles. The van der Waals surface area contributed by atoms with E-state index in [9.17, 15) is 70.4 Å². The highest BCUT2D eigenvalue weighted by atomic mass is 19.4. The number of alkyl halides is 15. The standard InChI is InChI=1S/C7F16O4/c8-1(9,3(12,13)27-23)2(10,11)24-4(14,15)5(16,17)25-7(21,22)26-6(18,19)20. The third-order valence-corrected chi connectivity index (χ3v) is 1.90. The molecule has 0 aliphatic carbocycles. The third kappa shape index (κ3) is 5.85. The summed E-state index contributed by atoms with van der Waals surface area (Å²) in [6.07, 6.45) is -42.5. The summed E-state index contributed by atoms with van der Waals surface area (Å²) >= 11 is 0. The van der Waals surface area contributed by atoms with E-state index in [0.717, 1.165) is 4.94 Å². The first kappa shape index (κ1) is 25.7. The van der Waals surface area contributed by atoms with Crippen LogP contribution in [0.2, 0.25) is 0 Å². The fourth-order valence-electron chi connectivity index (χ4n) is 0.867. The average Bonchev–Trinajstić information content (AvgIpc) is 2.31. The Balaban J connectivity index is 5.67. The largest absolute Gasteiger partial charge is 0.529 e. The Morgan fingerprint density at radius 3 is 1.11 bits per heavy atom. The molecule has 0 bridgehead atoms. The molecular formula is C7F16O4. The average molecular weight is 452 g/mol. The van der Waals surface area contributed by atoms with Gasteiger partial charge in [0.15, 0.2) is 0 Å². The van der Waals surface area contributed by atoms with Gasteiger partial charge in [0.05, 0.1) is 0 Å². The summed E-state index contributed by atoms with van der Waals surface area (Å²) in [6.45, 7) is 0. The van der Waals surface area contributed by atoms with Crippen LogP contribution in [0.5, 0.6) is 0 Å². The molecular weight excluding hydrogens is 452 g/mol. The van der Waals surface area contributed by atoms with Gasteiger partial charge in [-0.3, -0.25) is 0 Å². The number of ether oxygens (including phenoxy) is 3. The molecule has 27 heavy (non-hydrogen) atoms. The van der Waals surface area contributed by atoms with E-state index >= 15 is 0 Å². The highest BCUT2D eigenvalue weighted by Gasteiger charge is 2.80. The summed E-state index contributed by atoms with van der Waals surface area (Å²) in [4.78, 5) is 1.05. The predicted molar refractivity (Wildman–Crippen MR) is 41.2 cm³/mol. The molecule has 0 aliphatic rings. The van der Waals surface area contributed by atoms with Gasteiger partial charge in [0, 0.05) is 0 Å². The lowest BCUT2D eigenvalue weighted by Gasteiger charge is -2.34. The minimum Gasteiger partial charge on any atom is -0.243 e. The summed E-state index contributed by atoms with van der Waals surface area (Å²) in [6, 6.07) is 0. The van der Waals surface area contributed by atoms with Crippen LogP contribution in [0, 0.1) is 0 Å². The predicted octanol–water partition coefficient (Wildman–Crippen LogP) is 5.01. The van der Waals surface area contributed by atoms with E-state index in [1.165, 1.54) is 14.2 Å². The summed E-state index contributed by atoms with van der Waals surface area (Å²) in [5, 5.41) is 0. The molecule has 0 aromatic carbocycles. The zero-order valence-electron chi connectivity index (χ0n) is 11.2. The second-order valence-corrected chi connectivity index (χ2v) is 3.93. The molecule has 0 amide bonds. The highest BCUT2D eigenvalue weighted by Crippen LogP contribution is 2.52. The Kier molecular flexibility index (Phi) is 6.62. The van der Waals surface area contributed by atoms with Gasteiger partial charge in [-0.25, -0.2) is 9.47 Å². The van der Waals surface area contributed by atoms with Crippen LogP contribution in [0.15, 0.2) is 0 Å². The van der Waals surface area contributed by atoms with Crippen molar-refractivity contribution in [2.24, 2.45) is 0 Å². The smallest absolute Gasteiger partial charge is 0.243 e. The summed E-state index contributed by atoms with van der Waals surface area (Å²) in [5.41, 5.74) is 0. The van der Waals surface area contributed by atoms with Crippen LogP contribution in [0.4, 0.5) is 70.4 Å². The van der Waals surface area contributed by atoms with Crippen LogP contribution in [-0.2, 0) is 19.2 Å². The van der Waals surface area contributed by atoms with Gasteiger partial charge in [0.1, 0.15) is 0 Å². The molecule has 0 aromatic rings. The summed E-state index contributed by atoms with van der Waals surface area (Å²) in [5.74, 6) is -7.47. The number of hydrogen-bond acceptors (Lipinski definition) is 4. The normalized spacial score (nSPS) is 16.0. The van der Waals surface area contributed by atoms with Gasteiger partial charge in [-0.15, -0.1) is 26.9 Å². The molecule has 0 fully saturated rings. The zero-order valence-corrected chi connectivity index (χ0v) is 11.2. The molecule has 0 saturated carbocycles. The lowest BCUT2D eigenvalue weighted by Crippen LogP contribution is -2.61. The molecule has 164 valence electrons. The van der Waals surface area contributed by atoms with E-state index in [1.807, 2.05) is 0 Å². The lowest BCUT2D eigenvalue weighted by atomic mass is 10.3. The number of halogens is 16. The molecule has 0 spiro atoms. The van der Waals surface area contributed by atoms with Gasteiger partial charge < -0.3 is 0 Å². The van der Waals surface area contributed by atoms with Crippen LogP contribution in [0.25, 0.3) is 0 Å². The van der Waals surface area contributed by atoms with Gasteiger partial charge >= 0.3 is 43.0 Å². The van der Waals surface area contributed by atoms with Crippen LogP contribution >= 0.6 is 0 Å². The van der Waals surface area contributed by atoms with Crippen molar-refractivity contribution in [3.63, 3.8) is 0 Å². The van der Waals surface area contributed by atoms with Crippen LogP contribution in [0.1, 0.15) is 0 Å². The molecule has 0 aliphatic heterocycles. The Morgan fingerprint density at radius 1 is 0.407 bits per heavy atom. The van der Waals surface area contributed by atoms with Crippen molar-refractivity contribution in [2.45, 2.75) is 43.0 Å². The van der Waals surface area contributed by atoms with E-state index in [0.29, 0.717) is 0 Å². The fraction of sp³-hybridized carbons (Fsp3) is 1.00. The van der Waals surface area contributed by atoms with Crippen LogP contribution < -0.4 is 0 Å². The number of rotatable bonds is 9. The Morgan fingerprint density at radius 2 is 0.778 bits per heavy atom. The second kappa shape index (κ2) is 6.95. The summed E-state index contributed by atoms with van der Waals surface area (Å²) in [7, 11) is 0. The van der Waals surface area contributed by atoms with Gasteiger partial charge in [0.25, 0.3) is 0 Å². The molecule has 0 saturated heterocycles. The third-order valence-electron chi connectivity index (χ3n) is 1.90. The lowest BCUT2D eigenvalue weighted by molar-refractivity contribution is -0.587. The highest BCUT2D eigenvalue weighted by molar-refractivity contribution is 4.87. The first-order valence-electron chi connectivity index (χ1n) is 5.17. The molecule has 0 rings (SSSR count). The summed E-state index contributed by atoms with van der Waals surface area (Å²) < 4.78 is 200. The Bertz CT molecular complexity index is 511. The van der Waals surface area contributed by atoms with Gasteiger partial charge in [-0.1, -0.05) is 0 Å². The van der Waals surface area contributed by atoms with Crippen molar-refractivity contribution in [1.82, 2.24) is 0 Å². The topological polar surface area (TPSA) is 36.9 Å². The van der Waals surface area contributed by atoms with Crippen molar-refractivity contribution in [3.8, 4) is 0 Å².